The Bertz CT molecular complexity index is 576. The van der Waals surface area contributed by atoms with Crippen molar-refractivity contribution in [1.29, 1.82) is 0 Å². The first-order chi connectivity index (χ1) is 9.13. The van der Waals surface area contributed by atoms with Crippen molar-refractivity contribution in [3.8, 4) is 0 Å². The molecule has 1 aromatic heterocycles. The molecule has 0 aliphatic heterocycles. The summed E-state index contributed by atoms with van der Waals surface area (Å²) in [6.45, 7) is 4.37. The van der Waals surface area contributed by atoms with Crippen molar-refractivity contribution in [3.63, 3.8) is 0 Å². The predicted octanol–water partition coefficient (Wildman–Crippen LogP) is 1.95. The Balaban J connectivity index is 2.23. The molecule has 0 aliphatic carbocycles. The summed E-state index contributed by atoms with van der Waals surface area (Å²) in [5.41, 5.74) is 1.65. The van der Waals surface area contributed by atoms with E-state index in [1.807, 2.05) is 19.1 Å². The summed E-state index contributed by atoms with van der Waals surface area (Å²) in [5, 5.41) is 18.6. The Morgan fingerprint density at radius 1 is 1.37 bits per heavy atom. The van der Waals surface area contributed by atoms with Crippen LogP contribution in [-0.2, 0) is 6.54 Å². The minimum Gasteiger partial charge on any atom is -0.475 e. The number of aliphatic hydroxyl groups excluding tert-OH is 1. The minimum atomic E-state index is -1.06. The van der Waals surface area contributed by atoms with Crippen molar-refractivity contribution >= 4 is 16.9 Å². The second kappa shape index (κ2) is 5.86. The molecular weight excluding hydrogens is 246 g/mol. The summed E-state index contributed by atoms with van der Waals surface area (Å²) in [6.07, 6.45) is 0. The highest BCUT2D eigenvalue weighted by atomic mass is 16.4. The molecule has 0 amide bonds. The van der Waals surface area contributed by atoms with Gasteiger partial charge in [-0.15, -0.1) is 0 Å². The normalized spacial score (nSPS) is 11.3. The Labute approximate surface area is 111 Å². The summed E-state index contributed by atoms with van der Waals surface area (Å²) >= 11 is 0. The van der Waals surface area contributed by atoms with Gasteiger partial charge in [0.25, 0.3) is 0 Å². The van der Waals surface area contributed by atoms with Crippen molar-refractivity contribution in [1.82, 2.24) is 4.90 Å². The van der Waals surface area contributed by atoms with Crippen LogP contribution in [0.25, 0.3) is 11.0 Å². The van der Waals surface area contributed by atoms with Gasteiger partial charge in [-0.05, 0) is 30.3 Å². The summed E-state index contributed by atoms with van der Waals surface area (Å²) in [6, 6.07) is 7.15. The molecule has 5 heteroatoms. The van der Waals surface area contributed by atoms with E-state index in [1.54, 1.807) is 6.07 Å². The van der Waals surface area contributed by atoms with E-state index in [-0.39, 0.29) is 12.4 Å². The number of benzene rings is 1. The monoisotopic (exact) mass is 263 g/mol. The number of carboxylic acids is 1. The van der Waals surface area contributed by atoms with Crippen LogP contribution in [-0.4, -0.2) is 40.8 Å². The molecule has 0 atom stereocenters. The maximum atomic E-state index is 10.8. The van der Waals surface area contributed by atoms with Gasteiger partial charge in [0.05, 0.1) is 6.61 Å². The molecule has 0 fully saturated rings. The third kappa shape index (κ3) is 3.13. The molecule has 0 saturated heterocycles. The summed E-state index contributed by atoms with van der Waals surface area (Å²) < 4.78 is 5.21. The molecule has 2 aromatic rings. The number of rotatable bonds is 6. The Morgan fingerprint density at radius 3 is 2.79 bits per heavy atom. The van der Waals surface area contributed by atoms with Crippen LogP contribution >= 0.6 is 0 Å². The second-order valence-electron chi connectivity index (χ2n) is 4.38. The second-order valence-corrected chi connectivity index (χ2v) is 4.38. The zero-order valence-electron chi connectivity index (χ0n) is 10.8. The molecule has 0 spiro atoms. The van der Waals surface area contributed by atoms with Gasteiger partial charge in [0.2, 0.25) is 5.76 Å². The van der Waals surface area contributed by atoms with E-state index >= 15 is 0 Å². The quantitative estimate of drug-likeness (QED) is 0.833. The highest BCUT2D eigenvalue weighted by molar-refractivity contribution is 5.91. The lowest BCUT2D eigenvalue weighted by molar-refractivity contribution is 0.0665. The highest BCUT2D eigenvalue weighted by Crippen LogP contribution is 2.21. The van der Waals surface area contributed by atoms with Crippen LogP contribution in [0.1, 0.15) is 23.0 Å². The number of hydrogen-bond donors (Lipinski definition) is 2. The third-order valence-corrected chi connectivity index (χ3v) is 3.06. The maximum Gasteiger partial charge on any atom is 0.371 e. The number of fused-ring (bicyclic) bond motifs is 1. The molecule has 1 aromatic carbocycles. The Morgan fingerprint density at radius 2 is 2.16 bits per heavy atom. The molecule has 1 heterocycles. The van der Waals surface area contributed by atoms with Gasteiger partial charge in [0.1, 0.15) is 5.58 Å². The molecule has 2 N–H and O–H groups in total. The van der Waals surface area contributed by atoms with E-state index in [1.165, 1.54) is 6.07 Å². The van der Waals surface area contributed by atoms with Crippen LogP contribution in [0, 0.1) is 0 Å². The van der Waals surface area contributed by atoms with Crippen molar-refractivity contribution < 1.29 is 19.4 Å². The lowest BCUT2D eigenvalue weighted by atomic mass is 10.1. The van der Waals surface area contributed by atoms with Gasteiger partial charge in [-0.25, -0.2) is 4.79 Å². The number of likely N-dealkylation sites (N-methyl/N-ethyl adjacent to an activating group) is 1. The van der Waals surface area contributed by atoms with Gasteiger partial charge >= 0.3 is 5.97 Å². The van der Waals surface area contributed by atoms with Crippen molar-refractivity contribution in [2.75, 3.05) is 19.7 Å². The zero-order valence-corrected chi connectivity index (χ0v) is 10.8. The van der Waals surface area contributed by atoms with E-state index < -0.39 is 5.97 Å². The number of aliphatic hydroxyl groups is 1. The van der Waals surface area contributed by atoms with Gasteiger partial charge in [-0.2, -0.15) is 0 Å². The smallest absolute Gasteiger partial charge is 0.371 e. The molecule has 5 nitrogen and oxygen atoms in total. The average Bonchev–Trinajstić information content (AvgIpc) is 2.81. The zero-order chi connectivity index (χ0) is 13.8. The van der Waals surface area contributed by atoms with E-state index in [9.17, 15) is 4.79 Å². The molecule has 2 rings (SSSR count). The number of nitrogens with zero attached hydrogens (tertiary/aromatic N) is 1. The first-order valence-corrected chi connectivity index (χ1v) is 6.23. The van der Waals surface area contributed by atoms with Crippen LogP contribution in [0.2, 0.25) is 0 Å². The average molecular weight is 263 g/mol. The predicted molar refractivity (Wildman–Crippen MR) is 71.2 cm³/mol. The van der Waals surface area contributed by atoms with Crippen LogP contribution in [0.5, 0.6) is 0 Å². The molecular formula is C14H17NO4. The van der Waals surface area contributed by atoms with E-state index in [0.29, 0.717) is 12.1 Å². The third-order valence-electron chi connectivity index (χ3n) is 3.06. The van der Waals surface area contributed by atoms with Crippen LogP contribution in [0.4, 0.5) is 0 Å². The lowest BCUT2D eigenvalue weighted by Crippen LogP contribution is -2.25. The molecule has 0 unspecified atom stereocenters. The van der Waals surface area contributed by atoms with Gasteiger partial charge in [0.15, 0.2) is 0 Å². The minimum absolute atomic E-state index is 0.0464. The van der Waals surface area contributed by atoms with E-state index in [4.69, 9.17) is 14.6 Å². The molecule has 19 heavy (non-hydrogen) atoms. The maximum absolute atomic E-state index is 10.8. The number of carbonyl (C=O) groups is 1. The standard InChI is InChI=1S/C14H17NO4/c1-2-15(5-6-16)9-10-3-4-12-11(7-10)8-13(19-12)14(17)18/h3-4,7-8,16H,2,5-6,9H2,1H3,(H,17,18). The van der Waals surface area contributed by atoms with E-state index in [2.05, 4.69) is 4.90 Å². The van der Waals surface area contributed by atoms with Crippen LogP contribution < -0.4 is 0 Å². The Kier molecular flexibility index (Phi) is 4.19. The number of aromatic carboxylic acids is 1. The van der Waals surface area contributed by atoms with E-state index in [0.717, 1.165) is 24.0 Å². The SMILES string of the molecule is CCN(CCO)Cc1ccc2oc(C(=O)O)cc2c1. The van der Waals surface area contributed by atoms with Gasteiger partial charge in [-0.1, -0.05) is 13.0 Å². The summed E-state index contributed by atoms with van der Waals surface area (Å²) in [5.74, 6) is -1.11. The first kappa shape index (κ1) is 13.6. The van der Waals surface area contributed by atoms with Gasteiger partial charge in [-0.3, -0.25) is 4.90 Å². The lowest BCUT2D eigenvalue weighted by Gasteiger charge is -2.18. The van der Waals surface area contributed by atoms with Crippen molar-refractivity contribution in [3.05, 3.63) is 35.6 Å². The van der Waals surface area contributed by atoms with Crippen molar-refractivity contribution in [2.45, 2.75) is 13.5 Å². The Hall–Kier alpha value is -1.85. The first-order valence-electron chi connectivity index (χ1n) is 6.23. The summed E-state index contributed by atoms with van der Waals surface area (Å²) in [4.78, 5) is 12.9. The van der Waals surface area contributed by atoms with Crippen LogP contribution in [0.3, 0.4) is 0 Å². The molecule has 102 valence electrons. The highest BCUT2D eigenvalue weighted by Gasteiger charge is 2.11. The largest absolute Gasteiger partial charge is 0.475 e. The van der Waals surface area contributed by atoms with Crippen molar-refractivity contribution in [2.24, 2.45) is 0 Å². The number of carboxylic acid groups (broad SMARTS) is 1. The molecule has 0 aliphatic rings. The fourth-order valence-corrected chi connectivity index (χ4v) is 2.05. The number of hydrogen-bond acceptors (Lipinski definition) is 4. The molecule has 0 radical (unpaired) electrons. The fraction of sp³-hybridized carbons (Fsp3) is 0.357. The topological polar surface area (TPSA) is 73.9 Å². The van der Waals surface area contributed by atoms with Gasteiger partial charge in [0, 0.05) is 18.5 Å². The summed E-state index contributed by atoms with van der Waals surface area (Å²) in [7, 11) is 0. The number of furan rings is 1. The van der Waals surface area contributed by atoms with Gasteiger partial charge < -0.3 is 14.6 Å². The van der Waals surface area contributed by atoms with Crippen LogP contribution in [0.15, 0.2) is 28.7 Å². The fourth-order valence-electron chi connectivity index (χ4n) is 2.05. The molecule has 0 saturated carbocycles. The molecule has 0 bridgehead atoms.